The van der Waals surface area contributed by atoms with Crippen molar-refractivity contribution >= 4 is 11.3 Å². The van der Waals surface area contributed by atoms with Gasteiger partial charge in [-0.1, -0.05) is 32.1 Å². The Morgan fingerprint density at radius 2 is 1.71 bits per heavy atom. The molecule has 0 radical (unpaired) electrons. The van der Waals surface area contributed by atoms with Crippen LogP contribution in [0.15, 0.2) is 6.07 Å². The van der Waals surface area contributed by atoms with Gasteiger partial charge >= 0.3 is 0 Å². The Morgan fingerprint density at radius 1 is 1.12 bits per heavy atom. The van der Waals surface area contributed by atoms with Crippen LogP contribution in [0.2, 0.25) is 0 Å². The summed E-state index contributed by atoms with van der Waals surface area (Å²) in [6.07, 6.45) is 8.87. The SMILES string of the molecule is Cc1cc(C(O)C2CCCCCCC2)c(C)s1. The van der Waals surface area contributed by atoms with Crippen molar-refractivity contribution in [1.82, 2.24) is 0 Å². The Hall–Kier alpha value is -0.340. The lowest BCUT2D eigenvalue weighted by molar-refractivity contribution is 0.0911. The van der Waals surface area contributed by atoms with Gasteiger partial charge in [0.1, 0.15) is 0 Å². The minimum absolute atomic E-state index is 0.224. The summed E-state index contributed by atoms with van der Waals surface area (Å²) in [5.74, 6) is 0.489. The van der Waals surface area contributed by atoms with E-state index in [1.54, 1.807) is 0 Å². The molecule has 96 valence electrons. The summed E-state index contributed by atoms with van der Waals surface area (Å²) >= 11 is 1.81. The van der Waals surface area contributed by atoms with Crippen LogP contribution in [0, 0.1) is 19.8 Å². The lowest BCUT2D eigenvalue weighted by Gasteiger charge is -2.25. The molecule has 2 rings (SSSR count). The number of aliphatic hydroxyl groups is 1. The highest BCUT2D eigenvalue weighted by Crippen LogP contribution is 2.36. The normalized spacial score (nSPS) is 20.9. The predicted molar refractivity (Wildman–Crippen MR) is 74.6 cm³/mol. The van der Waals surface area contributed by atoms with Crippen LogP contribution in [-0.4, -0.2) is 5.11 Å². The summed E-state index contributed by atoms with van der Waals surface area (Å²) in [7, 11) is 0. The van der Waals surface area contributed by atoms with Gasteiger partial charge in [-0.15, -0.1) is 11.3 Å². The highest BCUT2D eigenvalue weighted by Gasteiger charge is 2.23. The van der Waals surface area contributed by atoms with Gasteiger partial charge in [0.2, 0.25) is 0 Å². The van der Waals surface area contributed by atoms with Crippen LogP contribution in [0.4, 0.5) is 0 Å². The van der Waals surface area contributed by atoms with Crippen LogP contribution < -0.4 is 0 Å². The minimum Gasteiger partial charge on any atom is -0.388 e. The fourth-order valence-corrected chi connectivity index (χ4v) is 3.97. The van der Waals surface area contributed by atoms with Crippen molar-refractivity contribution in [3.63, 3.8) is 0 Å². The Labute approximate surface area is 109 Å². The monoisotopic (exact) mass is 252 g/mol. The van der Waals surface area contributed by atoms with Crippen molar-refractivity contribution in [3.8, 4) is 0 Å². The number of hydrogen-bond donors (Lipinski definition) is 1. The number of aryl methyl sites for hydroxylation is 2. The molecule has 1 aliphatic carbocycles. The molecule has 1 aromatic heterocycles. The van der Waals surface area contributed by atoms with E-state index < -0.39 is 0 Å². The molecular formula is C15H24OS. The van der Waals surface area contributed by atoms with Crippen LogP contribution in [0.1, 0.15) is 66.4 Å². The van der Waals surface area contributed by atoms with Crippen LogP contribution in [0.5, 0.6) is 0 Å². The van der Waals surface area contributed by atoms with E-state index in [2.05, 4.69) is 19.9 Å². The van der Waals surface area contributed by atoms with Gasteiger partial charge in [-0.2, -0.15) is 0 Å². The Kier molecular flexibility index (Phi) is 4.63. The lowest BCUT2D eigenvalue weighted by Crippen LogP contribution is -2.14. The van der Waals surface area contributed by atoms with Gasteiger partial charge < -0.3 is 5.11 Å². The Morgan fingerprint density at radius 3 is 2.24 bits per heavy atom. The van der Waals surface area contributed by atoms with E-state index in [9.17, 15) is 5.11 Å². The van der Waals surface area contributed by atoms with E-state index >= 15 is 0 Å². The molecule has 1 nitrogen and oxygen atoms in total. The smallest absolute Gasteiger partial charge is 0.0828 e. The summed E-state index contributed by atoms with van der Waals surface area (Å²) in [5, 5.41) is 10.6. The molecule has 1 fully saturated rings. The third kappa shape index (κ3) is 3.32. The molecular weight excluding hydrogens is 228 g/mol. The first-order chi connectivity index (χ1) is 8.18. The second-order valence-corrected chi connectivity index (χ2v) is 6.88. The van der Waals surface area contributed by atoms with E-state index in [1.807, 2.05) is 11.3 Å². The van der Waals surface area contributed by atoms with Crippen LogP contribution in [0.25, 0.3) is 0 Å². The van der Waals surface area contributed by atoms with Crippen molar-refractivity contribution in [2.45, 2.75) is 64.9 Å². The molecule has 1 aromatic rings. The molecule has 17 heavy (non-hydrogen) atoms. The van der Waals surface area contributed by atoms with Gasteiger partial charge in [-0.3, -0.25) is 0 Å². The summed E-state index contributed by atoms with van der Waals surface area (Å²) in [6, 6.07) is 2.18. The van der Waals surface area contributed by atoms with E-state index in [0.717, 1.165) is 0 Å². The Balaban J connectivity index is 2.06. The minimum atomic E-state index is -0.224. The molecule has 1 saturated carbocycles. The van der Waals surface area contributed by atoms with Crippen LogP contribution in [0.3, 0.4) is 0 Å². The topological polar surface area (TPSA) is 20.2 Å². The standard InChI is InChI=1S/C15H24OS/c1-11-10-14(12(2)17-11)15(16)13-8-6-4-3-5-7-9-13/h10,13,15-16H,3-9H2,1-2H3. The van der Waals surface area contributed by atoms with Crippen molar-refractivity contribution < 1.29 is 5.11 Å². The third-order valence-corrected chi connectivity index (χ3v) is 4.98. The Bertz CT molecular complexity index is 348. The maximum absolute atomic E-state index is 10.6. The molecule has 0 bridgehead atoms. The number of thiophene rings is 1. The van der Waals surface area contributed by atoms with Crippen molar-refractivity contribution in [1.29, 1.82) is 0 Å². The highest BCUT2D eigenvalue weighted by atomic mass is 32.1. The first-order valence-corrected chi connectivity index (χ1v) is 7.75. The summed E-state index contributed by atoms with van der Waals surface area (Å²) in [5.41, 5.74) is 1.19. The maximum atomic E-state index is 10.6. The summed E-state index contributed by atoms with van der Waals surface area (Å²) < 4.78 is 0. The summed E-state index contributed by atoms with van der Waals surface area (Å²) in [6.45, 7) is 4.27. The fraction of sp³-hybridized carbons (Fsp3) is 0.733. The zero-order valence-corrected chi connectivity index (χ0v) is 11.9. The first kappa shape index (κ1) is 13.1. The number of aliphatic hydroxyl groups excluding tert-OH is 1. The largest absolute Gasteiger partial charge is 0.388 e. The molecule has 2 heteroatoms. The average molecular weight is 252 g/mol. The van der Waals surface area contributed by atoms with Gasteiger partial charge in [0, 0.05) is 9.75 Å². The van der Waals surface area contributed by atoms with Gasteiger partial charge in [0.15, 0.2) is 0 Å². The first-order valence-electron chi connectivity index (χ1n) is 6.93. The van der Waals surface area contributed by atoms with Gasteiger partial charge in [0.25, 0.3) is 0 Å². The molecule has 0 saturated heterocycles. The fourth-order valence-electron chi connectivity index (χ4n) is 3.00. The zero-order valence-electron chi connectivity index (χ0n) is 11.0. The molecule has 0 spiro atoms. The van der Waals surface area contributed by atoms with E-state index in [4.69, 9.17) is 0 Å². The second-order valence-electron chi connectivity index (χ2n) is 5.42. The van der Waals surface area contributed by atoms with Crippen LogP contribution in [-0.2, 0) is 0 Å². The highest BCUT2D eigenvalue weighted by molar-refractivity contribution is 7.12. The van der Waals surface area contributed by atoms with Crippen molar-refractivity contribution in [3.05, 3.63) is 21.4 Å². The zero-order chi connectivity index (χ0) is 12.3. The molecule has 0 aliphatic heterocycles. The van der Waals surface area contributed by atoms with E-state index in [-0.39, 0.29) is 6.10 Å². The van der Waals surface area contributed by atoms with E-state index in [0.29, 0.717) is 5.92 Å². The molecule has 1 aliphatic rings. The van der Waals surface area contributed by atoms with E-state index in [1.165, 1.54) is 60.3 Å². The second kappa shape index (κ2) is 6.01. The number of hydrogen-bond acceptors (Lipinski definition) is 2. The van der Waals surface area contributed by atoms with Crippen molar-refractivity contribution in [2.75, 3.05) is 0 Å². The third-order valence-electron chi connectivity index (χ3n) is 3.99. The van der Waals surface area contributed by atoms with Gasteiger partial charge in [0.05, 0.1) is 6.10 Å². The summed E-state index contributed by atoms with van der Waals surface area (Å²) in [4.78, 5) is 2.62. The molecule has 1 N–H and O–H groups in total. The molecule has 0 amide bonds. The maximum Gasteiger partial charge on any atom is 0.0828 e. The van der Waals surface area contributed by atoms with Gasteiger partial charge in [-0.05, 0) is 44.2 Å². The van der Waals surface area contributed by atoms with Crippen LogP contribution >= 0.6 is 11.3 Å². The predicted octanol–water partition coefficient (Wildman–Crippen LogP) is 4.76. The number of rotatable bonds is 2. The lowest BCUT2D eigenvalue weighted by atomic mass is 9.84. The van der Waals surface area contributed by atoms with Gasteiger partial charge in [-0.25, -0.2) is 0 Å². The molecule has 0 aromatic carbocycles. The average Bonchev–Trinajstić information content (AvgIpc) is 2.56. The molecule has 1 atom stereocenters. The molecule has 1 heterocycles. The quantitative estimate of drug-likeness (QED) is 0.804. The molecule has 1 unspecified atom stereocenters. The van der Waals surface area contributed by atoms with Crippen molar-refractivity contribution in [2.24, 2.45) is 5.92 Å².